The van der Waals surface area contributed by atoms with Gasteiger partial charge in [-0.3, -0.25) is 4.79 Å². The van der Waals surface area contributed by atoms with Crippen molar-refractivity contribution < 1.29 is 4.79 Å². The molecule has 0 aliphatic heterocycles. The van der Waals surface area contributed by atoms with Crippen LogP contribution in [0.1, 0.15) is 21.5 Å². The van der Waals surface area contributed by atoms with E-state index in [0.717, 1.165) is 16.9 Å². The molecular formula is C21H15ClOS. The first-order chi connectivity index (χ1) is 11.7. The van der Waals surface area contributed by atoms with Crippen LogP contribution in [-0.2, 0) is 6.42 Å². The van der Waals surface area contributed by atoms with Crippen LogP contribution in [0, 0.1) is 0 Å². The van der Waals surface area contributed by atoms with Crippen LogP contribution in [0.2, 0.25) is 5.02 Å². The van der Waals surface area contributed by atoms with Crippen molar-refractivity contribution in [2.45, 2.75) is 11.3 Å². The highest BCUT2D eigenvalue weighted by Crippen LogP contribution is 2.37. The van der Waals surface area contributed by atoms with Crippen molar-refractivity contribution in [1.29, 1.82) is 0 Å². The number of thioether (sulfide) groups is 1. The first-order valence-electron chi connectivity index (χ1n) is 7.84. The van der Waals surface area contributed by atoms with Crippen molar-refractivity contribution >= 4 is 29.1 Å². The van der Waals surface area contributed by atoms with Gasteiger partial charge < -0.3 is 0 Å². The molecule has 3 aromatic rings. The van der Waals surface area contributed by atoms with E-state index in [0.29, 0.717) is 10.8 Å². The van der Waals surface area contributed by atoms with Crippen LogP contribution in [0.25, 0.3) is 11.1 Å². The molecule has 3 aromatic carbocycles. The van der Waals surface area contributed by atoms with Crippen LogP contribution in [0.4, 0.5) is 0 Å². The Morgan fingerprint density at radius 1 is 0.917 bits per heavy atom. The van der Waals surface area contributed by atoms with Crippen LogP contribution in [0.5, 0.6) is 0 Å². The van der Waals surface area contributed by atoms with Gasteiger partial charge in [0.15, 0.2) is 5.78 Å². The van der Waals surface area contributed by atoms with Crippen LogP contribution < -0.4 is 0 Å². The third-order valence-corrected chi connectivity index (χ3v) is 5.83. The molecule has 3 heteroatoms. The van der Waals surface area contributed by atoms with E-state index >= 15 is 0 Å². The molecule has 0 fully saturated rings. The van der Waals surface area contributed by atoms with E-state index in [9.17, 15) is 4.79 Å². The van der Waals surface area contributed by atoms with Gasteiger partial charge in [0.2, 0.25) is 0 Å². The van der Waals surface area contributed by atoms with Crippen molar-refractivity contribution in [2.75, 3.05) is 5.75 Å². The monoisotopic (exact) mass is 350 g/mol. The zero-order chi connectivity index (χ0) is 16.5. The van der Waals surface area contributed by atoms with Crippen LogP contribution in [0.15, 0.2) is 71.6 Å². The third-order valence-electron chi connectivity index (χ3n) is 4.32. The molecule has 118 valence electrons. The van der Waals surface area contributed by atoms with Gasteiger partial charge in [0.25, 0.3) is 0 Å². The molecule has 4 rings (SSSR count). The number of Topliss-reactive ketones (excluding diaryl/α,β-unsaturated/α-hetero) is 1. The van der Waals surface area contributed by atoms with Crippen LogP contribution in [0.3, 0.4) is 0 Å². The summed E-state index contributed by atoms with van der Waals surface area (Å²) in [5.74, 6) is 0.525. The number of hydrogen-bond acceptors (Lipinski definition) is 2. The van der Waals surface area contributed by atoms with E-state index in [-0.39, 0.29) is 5.78 Å². The first kappa shape index (κ1) is 15.5. The fourth-order valence-corrected chi connectivity index (χ4v) is 4.22. The van der Waals surface area contributed by atoms with E-state index < -0.39 is 0 Å². The summed E-state index contributed by atoms with van der Waals surface area (Å²) in [6.07, 6.45) is 0.953. The lowest BCUT2D eigenvalue weighted by Gasteiger charge is -2.06. The van der Waals surface area contributed by atoms with Gasteiger partial charge in [0, 0.05) is 10.5 Å². The minimum Gasteiger partial charge on any atom is -0.293 e. The molecule has 0 saturated heterocycles. The number of fused-ring (bicyclic) bond motifs is 3. The molecule has 24 heavy (non-hydrogen) atoms. The molecule has 0 spiro atoms. The number of halogens is 1. The van der Waals surface area contributed by atoms with Crippen molar-refractivity contribution in [3.05, 3.63) is 88.4 Å². The summed E-state index contributed by atoms with van der Waals surface area (Å²) in [7, 11) is 0. The van der Waals surface area contributed by atoms with Gasteiger partial charge in [-0.2, -0.15) is 0 Å². The van der Waals surface area contributed by atoms with Gasteiger partial charge in [0.1, 0.15) is 0 Å². The van der Waals surface area contributed by atoms with Gasteiger partial charge in [-0.05, 0) is 46.9 Å². The van der Waals surface area contributed by atoms with Crippen molar-refractivity contribution in [2.24, 2.45) is 0 Å². The summed E-state index contributed by atoms with van der Waals surface area (Å²) < 4.78 is 0. The maximum atomic E-state index is 12.6. The number of ketones is 1. The Morgan fingerprint density at radius 2 is 1.67 bits per heavy atom. The minimum absolute atomic E-state index is 0.132. The maximum absolute atomic E-state index is 12.6. The normalized spacial score (nSPS) is 11.9. The van der Waals surface area contributed by atoms with Gasteiger partial charge >= 0.3 is 0 Å². The van der Waals surface area contributed by atoms with Gasteiger partial charge in [0.05, 0.1) is 10.8 Å². The second-order valence-corrected chi connectivity index (χ2v) is 7.27. The van der Waals surface area contributed by atoms with Crippen LogP contribution >= 0.6 is 23.4 Å². The number of carbonyl (C=O) groups excluding carboxylic acids is 1. The molecule has 1 aliphatic rings. The Labute approximate surface area is 150 Å². The van der Waals surface area contributed by atoms with Gasteiger partial charge in [-0.1, -0.05) is 60.1 Å². The van der Waals surface area contributed by atoms with E-state index in [1.807, 2.05) is 36.4 Å². The van der Waals surface area contributed by atoms with Gasteiger partial charge in [-0.25, -0.2) is 0 Å². The first-order valence-corrected chi connectivity index (χ1v) is 9.20. The zero-order valence-corrected chi connectivity index (χ0v) is 14.5. The summed E-state index contributed by atoms with van der Waals surface area (Å²) in [6, 6.07) is 22.1. The number of carbonyl (C=O) groups is 1. The molecule has 0 heterocycles. The lowest BCUT2D eigenvalue weighted by atomic mass is 10.0. The Balaban J connectivity index is 1.56. The smallest absolute Gasteiger partial charge is 0.173 e. The molecular weight excluding hydrogens is 336 g/mol. The van der Waals surface area contributed by atoms with E-state index in [1.165, 1.54) is 34.0 Å². The SMILES string of the molecule is O=C(CSc1ccccc1Cl)c1ccc2c(c1)-c1ccccc1C2. The van der Waals surface area contributed by atoms with Crippen molar-refractivity contribution in [3.8, 4) is 11.1 Å². The fourth-order valence-electron chi connectivity index (χ4n) is 3.09. The Hall–Kier alpha value is -2.03. The lowest BCUT2D eigenvalue weighted by Crippen LogP contribution is -2.02. The molecule has 1 nitrogen and oxygen atoms in total. The third kappa shape index (κ3) is 2.88. The summed E-state index contributed by atoms with van der Waals surface area (Å²) in [5, 5.41) is 0.693. The molecule has 0 aromatic heterocycles. The van der Waals surface area contributed by atoms with E-state index in [2.05, 4.69) is 30.3 Å². The minimum atomic E-state index is 0.132. The summed E-state index contributed by atoms with van der Waals surface area (Å²) >= 11 is 7.64. The van der Waals surface area contributed by atoms with E-state index in [1.54, 1.807) is 0 Å². The molecule has 0 bridgehead atoms. The summed E-state index contributed by atoms with van der Waals surface area (Å²) in [4.78, 5) is 13.5. The second kappa shape index (κ2) is 6.46. The highest BCUT2D eigenvalue weighted by Gasteiger charge is 2.19. The predicted molar refractivity (Wildman–Crippen MR) is 101 cm³/mol. The van der Waals surface area contributed by atoms with Crippen molar-refractivity contribution in [1.82, 2.24) is 0 Å². The zero-order valence-electron chi connectivity index (χ0n) is 13.0. The quantitative estimate of drug-likeness (QED) is 0.337. The Kier molecular flexibility index (Phi) is 4.17. The Bertz CT molecular complexity index is 933. The molecule has 1 aliphatic carbocycles. The molecule has 0 saturated carbocycles. The number of rotatable bonds is 4. The van der Waals surface area contributed by atoms with Crippen molar-refractivity contribution in [3.63, 3.8) is 0 Å². The summed E-state index contributed by atoms with van der Waals surface area (Å²) in [6.45, 7) is 0. The predicted octanol–water partition coefficient (Wildman–Crippen LogP) is 5.89. The largest absolute Gasteiger partial charge is 0.293 e. The highest BCUT2D eigenvalue weighted by molar-refractivity contribution is 8.00. The lowest BCUT2D eigenvalue weighted by molar-refractivity contribution is 0.102. The highest BCUT2D eigenvalue weighted by atomic mass is 35.5. The molecule has 0 atom stereocenters. The number of hydrogen-bond donors (Lipinski definition) is 0. The van der Waals surface area contributed by atoms with Crippen LogP contribution in [-0.4, -0.2) is 11.5 Å². The second-order valence-electron chi connectivity index (χ2n) is 5.85. The van der Waals surface area contributed by atoms with E-state index in [4.69, 9.17) is 11.6 Å². The topological polar surface area (TPSA) is 17.1 Å². The fraction of sp³-hybridized carbons (Fsp3) is 0.0952. The standard InChI is InChI=1S/C21H15ClOS/c22-19-7-3-4-8-21(19)24-13-20(23)16-10-9-15-11-14-5-1-2-6-17(14)18(15)12-16/h1-10,12H,11,13H2. The average molecular weight is 351 g/mol. The molecule has 0 unspecified atom stereocenters. The molecule has 0 N–H and O–H groups in total. The Morgan fingerprint density at radius 3 is 2.54 bits per heavy atom. The number of benzene rings is 3. The maximum Gasteiger partial charge on any atom is 0.173 e. The molecule has 0 amide bonds. The van der Waals surface area contributed by atoms with Gasteiger partial charge in [-0.15, -0.1) is 11.8 Å². The summed E-state index contributed by atoms with van der Waals surface area (Å²) in [5.41, 5.74) is 5.85. The average Bonchev–Trinajstić information content (AvgIpc) is 2.98. The molecule has 0 radical (unpaired) electrons.